The van der Waals surface area contributed by atoms with Gasteiger partial charge in [0.1, 0.15) is 0 Å². The van der Waals surface area contributed by atoms with Crippen molar-refractivity contribution < 1.29 is 4.79 Å². The standard InChI is InChI=1S/C17H24N2OS.ClH/c1-13-17(14-6-3-2-4-7-14)19(10-11-21-13)16(20)12-15-8-5-9-18-15;/h2-4,6-7,13,15,17-18H,5,8-12H2,1H3;1H. The molecule has 2 aliphatic heterocycles. The van der Waals surface area contributed by atoms with Gasteiger partial charge in [0.25, 0.3) is 0 Å². The fourth-order valence-electron chi connectivity index (χ4n) is 3.46. The van der Waals surface area contributed by atoms with Crippen LogP contribution in [0, 0.1) is 0 Å². The van der Waals surface area contributed by atoms with Gasteiger partial charge in [0, 0.05) is 30.0 Å². The number of nitrogens with zero attached hydrogens (tertiary/aromatic N) is 1. The number of hydrogen-bond acceptors (Lipinski definition) is 3. The number of halogens is 1. The molecule has 2 fully saturated rings. The molecular weight excluding hydrogens is 316 g/mol. The van der Waals surface area contributed by atoms with Crippen molar-refractivity contribution in [1.29, 1.82) is 0 Å². The summed E-state index contributed by atoms with van der Waals surface area (Å²) < 4.78 is 0. The summed E-state index contributed by atoms with van der Waals surface area (Å²) in [6.45, 7) is 4.18. The number of carbonyl (C=O) groups is 1. The SMILES string of the molecule is CC1SCCN(C(=O)CC2CCCN2)C1c1ccccc1.Cl. The van der Waals surface area contributed by atoms with E-state index in [1.165, 1.54) is 12.0 Å². The van der Waals surface area contributed by atoms with E-state index in [0.29, 0.717) is 23.6 Å². The largest absolute Gasteiger partial charge is 0.334 e. The van der Waals surface area contributed by atoms with E-state index >= 15 is 0 Å². The Balaban J connectivity index is 0.00000176. The van der Waals surface area contributed by atoms with Gasteiger partial charge in [0.05, 0.1) is 6.04 Å². The zero-order valence-corrected chi connectivity index (χ0v) is 14.7. The van der Waals surface area contributed by atoms with E-state index in [9.17, 15) is 4.79 Å². The number of hydrogen-bond donors (Lipinski definition) is 1. The predicted octanol–water partition coefficient (Wildman–Crippen LogP) is 3.26. The van der Waals surface area contributed by atoms with Gasteiger partial charge in [-0.15, -0.1) is 12.4 Å². The molecule has 3 rings (SSSR count). The van der Waals surface area contributed by atoms with Crippen LogP contribution in [-0.2, 0) is 4.79 Å². The lowest BCUT2D eigenvalue weighted by Crippen LogP contribution is -2.45. The van der Waals surface area contributed by atoms with Crippen molar-refractivity contribution in [3.05, 3.63) is 35.9 Å². The molecule has 1 N–H and O–H groups in total. The van der Waals surface area contributed by atoms with Crippen LogP contribution in [0.2, 0.25) is 0 Å². The van der Waals surface area contributed by atoms with E-state index in [-0.39, 0.29) is 18.4 Å². The Morgan fingerprint density at radius 2 is 2.14 bits per heavy atom. The van der Waals surface area contributed by atoms with Gasteiger partial charge in [-0.2, -0.15) is 11.8 Å². The summed E-state index contributed by atoms with van der Waals surface area (Å²) in [6.07, 6.45) is 2.99. The molecule has 122 valence electrons. The number of carbonyl (C=O) groups excluding carboxylic acids is 1. The lowest BCUT2D eigenvalue weighted by atomic mass is 10.0. The summed E-state index contributed by atoms with van der Waals surface area (Å²) in [5.41, 5.74) is 1.27. The van der Waals surface area contributed by atoms with E-state index < -0.39 is 0 Å². The number of benzene rings is 1. The van der Waals surface area contributed by atoms with Gasteiger partial charge in [0.15, 0.2) is 0 Å². The molecule has 1 amide bonds. The van der Waals surface area contributed by atoms with Gasteiger partial charge in [-0.05, 0) is 24.9 Å². The molecule has 0 aromatic heterocycles. The number of rotatable bonds is 3. The first-order chi connectivity index (χ1) is 10.3. The maximum Gasteiger partial charge on any atom is 0.224 e. The third kappa shape index (κ3) is 3.98. The van der Waals surface area contributed by atoms with Crippen molar-refractivity contribution in [2.45, 2.75) is 43.5 Å². The van der Waals surface area contributed by atoms with Crippen LogP contribution in [0.4, 0.5) is 0 Å². The molecule has 0 aliphatic carbocycles. The molecule has 1 aromatic carbocycles. The summed E-state index contributed by atoms with van der Waals surface area (Å²) >= 11 is 1.98. The average Bonchev–Trinajstić information content (AvgIpc) is 3.00. The Morgan fingerprint density at radius 1 is 1.36 bits per heavy atom. The van der Waals surface area contributed by atoms with E-state index in [0.717, 1.165) is 25.3 Å². The Hall–Kier alpha value is -0.710. The van der Waals surface area contributed by atoms with E-state index in [2.05, 4.69) is 41.4 Å². The highest BCUT2D eigenvalue weighted by Gasteiger charge is 2.34. The number of amides is 1. The first kappa shape index (κ1) is 17.6. The Morgan fingerprint density at radius 3 is 2.82 bits per heavy atom. The minimum atomic E-state index is 0. The zero-order valence-electron chi connectivity index (χ0n) is 13.0. The van der Waals surface area contributed by atoms with Crippen LogP contribution in [0.25, 0.3) is 0 Å². The quantitative estimate of drug-likeness (QED) is 0.916. The molecule has 22 heavy (non-hydrogen) atoms. The minimum absolute atomic E-state index is 0. The molecule has 0 saturated carbocycles. The average molecular weight is 341 g/mol. The molecule has 0 bridgehead atoms. The minimum Gasteiger partial charge on any atom is -0.334 e. The first-order valence-corrected chi connectivity index (χ1v) is 9.00. The third-order valence-electron chi connectivity index (χ3n) is 4.54. The van der Waals surface area contributed by atoms with Crippen LogP contribution >= 0.6 is 24.2 Å². The summed E-state index contributed by atoms with van der Waals surface area (Å²) in [7, 11) is 0. The molecular formula is C17H25ClN2OS. The maximum absolute atomic E-state index is 12.8. The molecule has 1 aromatic rings. The van der Waals surface area contributed by atoms with Gasteiger partial charge < -0.3 is 10.2 Å². The molecule has 3 atom stereocenters. The van der Waals surface area contributed by atoms with E-state index in [1.807, 2.05) is 17.8 Å². The van der Waals surface area contributed by atoms with Crippen LogP contribution in [0.15, 0.2) is 30.3 Å². The Bertz CT molecular complexity index is 479. The second kappa shape index (κ2) is 8.23. The van der Waals surface area contributed by atoms with E-state index in [4.69, 9.17) is 0 Å². The van der Waals surface area contributed by atoms with Crippen molar-refractivity contribution in [2.24, 2.45) is 0 Å². The fraction of sp³-hybridized carbons (Fsp3) is 0.588. The molecule has 5 heteroatoms. The fourth-order valence-corrected chi connectivity index (χ4v) is 4.62. The second-order valence-electron chi connectivity index (χ2n) is 6.02. The molecule has 0 spiro atoms. The molecule has 3 nitrogen and oxygen atoms in total. The highest BCUT2D eigenvalue weighted by atomic mass is 35.5. The predicted molar refractivity (Wildman–Crippen MR) is 95.7 cm³/mol. The normalized spacial score (nSPS) is 28.2. The van der Waals surface area contributed by atoms with Crippen molar-refractivity contribution in [3.8, 4) is 0 Å². The Kier molecular flexibility index (Phi) is 6.60. The lowest BCUT2D eigenvalue weighted by Gasteiger charge is -2.40. The van der Waals surface area contributed by atoms with Crippen molar-refractivity contribution >= 4 is 30.1 Å². The maximum atomic E-state index is 12.8. The summed E-state index contributed by atoms with van der Waals surface area (Å²) in [6, 6.07) is 11.1. The summed E-state index contributed by atoms with van der Waals surface area (Å²) in [4.78, 5) is 14.9. The molecule has 0 radical (unpaired) electrons. The molecule has 2 saturated heterocycles. The number of nitrogens with one attached hydrogen (secondary N) is 1. The van der Waals surface area contributed by atoms with Crippen molar-refractivity contribution in [1.82, 2.24) is 10.2 Å². The van der Waals surface area contributed by atoms with Crippen molar-refractivity contribution in [3.63, 3.8) is 0 Å². The first-order valence-electron chi connectivity index (χ1n) is 7.95. The molecule has 3 unspecified atom stereocenters. The topological polar surface area (TPSA) is 32.3 Å². The monoisotopic (exact) mass is 340 g/mol. The third-order valence-corrected chi connectivity index (χ3v) is 5.74. The van der Waals surface area contributed by atoms with Crippen molar-refractivity contribution in [2.75, 3.05) is 18.8 Å². The van der Waals surface area contributed by atoms with Gasteiger partial charge in [-0.3, -0.25) is 4.79 Å². The van der Waals surface area contributed by atoms with Crippen LogP contribution < -0.4 is 5.32 Å². The van der Waals surface area contributed by atoms with Crippen LogP contribution in [0.3, 0.4) is 0 Å². The van der Waals surface area contributed by atoms with Gasteiger partial charge >= 0.3 is 0 Å². The summed E-state index contributed by atoms with van der Waals surface area (Å²) in [5, 5.41) is 3.90. The highest BCUT2D eigenvalue weighted by Crippen LogP contribution is 2.36. The van der Waals surface area contributed by atoms with Crippen LogP contribution in [0.1, 0.15) is 37.8 Å². The lowest BCUT2D eigenvalue weighted by molar-refractivity contribution is -0.134. The summed E-state index contributed by atoms with van der Waals surface area (Å²) in [5.74, 6) is 1.37. The van der Waals surface area contributed by atoms with Gasteiger partial charge in [-0.25, -0.2) is 0 Å². The zero-order chi connectivity index (χ0) is 14.7. The van der Waals surface area contributed by atoms with Gasteiger partial charge in [-0.1, -0.05) is 37.3 Å². The smallest absolute Gasteiger partial charge is 0.224 e. The van der Waals surface area contributed by atoms with Gasteiger partial charge in [0.2, 0.25) is 5.91 Å². The highest BCUT2D eigenvalue weighted by molar-refractivity contribution is 8.00. The molecule has 2 aliphatic rings. The Labute approximate surface area is 143 Å². The number of thioether (sulfide) groups is 1. The van der Waals surface area contributed by atoms with Crippen LogP contribution in [-0.4, -0.2) is 40.9 Å². The second-order valence-corrected chi connectivity index (χ2v) is 7.50. The molecule has 2 heterocycles. The van der Waals surface area contributed by atoms with Crippen LogP contribution in [0.5, 0.6) is 0 Å². The van der Waals surface area contributed by atoms with E-state index in [1.54, 1.807) is 0 Å².